The lowest BCUT2D eigenvalue weighted by Crippen LogP contribution is -2.66. The molecule has 0 aliphatic carbocycles. The van der Waals surface area contributed by atoms with Crippen molar-refractivity contribution in [2.24, 2.45) is 0 Å². The van der Waals surface area contributed by atoms with Crippen molar-refractivity contribution < 1.29 is 24.1 Å². The molecule has 1 aromatic carbocycles. The molecule has 3 rings (SSSR count). The first-order valence-electron chi connectivity index (χ1n) is 9.62. The second-order valence-corrected chi connectivity index (χ2v) is 6.97. The third kappa shape index (κ3) is 4.11. The topological polar surface area (TPSA) is 60.4 Å². The zero-order valence-electron chi connectivity index (χ0n) is 15.9. The van der Waals surface area contributed by atoms with Crippen LogP contribution in [0.3, 0.4) is 0 Å². The van der Waals surface area contributed by atoms with Gasteiger partial charge in [0.15, 0.2) is 12.6 Å². The summed E-state index contributed by atoms with van der Waals surface area (Å²) in [5.41, 5.74) is 0.947. The average Bonchev–Trinajstić information content (AvgIpc) is 2.68. The predicted octanol–water partition coefficient (Wildman–Crippen LogP) is 2.32. The molecule has 1 N–H and O–H groups in total. The smallest absolute Gasteiger partial charge is 0.184 e. The summed E-state index contributed by atoms with van der Waals surface area (Å²) in [6.45, 7) is 6.42. The Morgan fingerprint density at radius 3 is 2.42 bits per heavy atom. The van der Waals surface area contributed by atoms with Gasteiger partial charge in [0.2, 0.25) is 0 Å². The van der Waals surface area contributed by atoms with Gasteiger partial charge >= 0.3 is 0 Å². The van der Waals surface area contributed by atoms with Crippen LogP contribution in [-0.4, -0.2) is 67.5 Å². The standard InChI is InChI=1S/C20H31NO5/c1-4-11-21(12-5-2)16-17(22)18-15(25-20(16)23-3)13-24-19(26-18)14-9-7-6-8-10-14/h6-10,15-20,22H,4-5,11-13H2,1-3H3/t15-,16+,17-,18-,19?,20+/m1/s1. The van der Waals surface area contributed by atoms with E-state index >= 15 is 0 Å². The van der Waals surface area contributed by atoms with Crippen molar-refractivity contribution in [1.82, 2.24) is 4.90 Å². The van der Waals surface area contributed by atoms with Gasteiger partial charge in [-0.05, 0) is 25.9 Å². The summed E-state index contributed by atoms with van der Waals surface area (Å²) >= 11 is 0. The molecule has 0 spiro atoms. The van der Waals surface area contributed by atoms with Crippen LogP contribution < -0.4 is 0 Å². The van der Waals surface area contributed by atoms with Crippen molar-refractivity contribution in [3.05, 3.63) is 35.9 Å². The average molecular weight is 365 g/mol. The van der Waals surface area contributed by atoms with Crippen molar-refractivity contribution >= 4 is 0 Å². The number of rotatable bonds is 7. The number of aliphatic hydroxyl groups is 1. The molecule has 2 heterocycles. The van der Waals surface area contributed by atoms with Gasteiger partial charge in [-0.25, -0.2) is 0 Å². The van der Waals surface area contributed by atoms with Crippen LogP contribution in [0.25, 0.3) is 0 Å². The molecule has 0 saturated carbocycles. The van der Waals surface area contributed by atoms with Crippen LogP contribution >= 0.6 is 0 Å². The lowest BCUT2D eigenvalue weighted by molar-refractivity contribution is -0.350. The Morgan fingerprint density at radius 1 is 1.12 bits per heavy atom. The third-order valence-electron chi connectivity index (χ3n) is 5.08. The SMILES string of the molecule is CCCN(CCC)[C@@H]1[C@@H](OC)O[C@@H]2COC(c3ccccc3)O[C@H]2[C@@H]1O. The zero-order valence-corrected chi connectivity index (χ0v) is 15.9. The normalized spacial score (nSPS) is 34.7. The van der Waals surface area contributed by atoms with Crippen molar-refractivity contribution in [1.29, 1.82) is 0 Å². The summed E-state index contributed by atoms with van der Waals surface area (Å²) in [4.78, 5) is 2.26. The van der Waals surface area contributed by atoms with Crippen molar-refractivity contribution in [3.8, 4) is 0 Å². The van der Waals surface area contributed by atoms with E-state index in [0.717, 1.165) is 31.5 Å². The molecule has 2 saturated heterocycles. The summed E-state index contributed by atoms with van der Waals surface area (Å²) in [7, 11) is 1.62. The molecule has 146 valence electrons. The van der Waals surface area contributed by atoms with Crippen molar-refractivity contribution in [3.63, 3.8) is 0 Å². The molecule has 26 heavy (non-hydrogen) atoms. The van der Waals surface area contributed by atoms with E-state index in [9.17, 15) is 5.11 Å². The molecular formula is C20H31NO5. The molecular weight excluding hydrogens is 334 g/mol. The highest BCUT2D eigenvalue weighted by Crippen LogP contribution is 2.35. The van der Waals surface area contributed by atoms with Gasteiger partial charge in [0, 0.05) is 12.7 Å². The number of methoxy groups -OCH3 is 1. The quantitative estimate of drug-likeness (QED) is 0.800. The van der Waals surface area contributed by atoms with Crippen LogP contribution in [-0.2, 0) is 18.9 Å². The molecule has 0 bridgehead atoms. The number of aliphatic hydroxyl groups excluding tert-OH is 1. The van der Waals surface area contributed by atoms with Gasteiger partial charge in [-0.3, -0.25) is 4.90 Å². The van der Waals surface area contributed by atoms with E-state index in [1.54, 1.807) is 7.11 Å². The fourth-order valence-corrected chi connectivity index (χ4v) is 3.92. The van der Waals surface area contributed by atoms with Gasteiger partial charge in [0.05, 0.1) is 12.6 Å². The lowest BCUT2D eigenvalue weighted by Gasteiger charge is -2.50. The largest absolute Gasteiger partial charge is 0.388 e. The second kappa shape index (κ2) is 9.26. The van der Waals surface area contributed by atoms with Gasteiger partial charge in [-0.15, -0.1) is 0 Å². The maximum Gasteiger partial charge on any atom is 0.184 e. The van der Waals surface area contributed by atoms with Gasteiger partial charge in [0.25, 0.3) is 0 Å². The zero-order chi connectivity index (χ0) is 18.5. The number of nitrogens with zero attached hydrogens (tertiary/aromatic N) is 1. The molecule has 6 atom stereocenters. The predicted molar refractivity (Wildman–Crippen MR) is 97.6 cm³/mol. The molecule has 2 aliphatic heterocycles. The van der Waals surface area contributed by atoms with Gasteiger partial charge in [0.1, 0.15) is 18.3 Å². The maximum absolute atomic E-state index is 11.2. The summed E-state index contributed by atoms with van der Waals surface area (Å²) in [6.07, 6.45) is -0.454. The Balaban J connectivity index is 1.78. The minimum absolute atomic E-state index is 0.254. The van der Waals surface area contributed by atoms with Crippen LogP contribution in [0.2, 0.25) is 0 Å². The molecule has 0 amide bonds. The van der Waals surface area contributed by atoms with Crippen LogP contribution in [0.15, 0.2) is 30.3 Å². The summed E-state index contributed by atoms with van der Waals surface area (Å²) < 4.78 is 23.7. The number of ether oxygens (including phenoxy) is 4. The van der Waals surface area contributed by atoms with Crippen LogP contribution in [0.5, 0.6) is 0 Å². The highest BCUT2D eigenvalue weighted by atomic mass is 16.7. The fraction of sp³-hybridized carbons (Fsp3) is 0.700. The number of fused-ring (bicyclic) bond motifs is 1. The second-order valence-electron chi connectivity index (χ2n) is 6.97. The van der Waals surface area contributed by atoms with Crippen molar-refractivity contribution in [2.45, 2.75) is 63.6 Å². The first-order valence-corrected chi connectivity index (χ1v) is 9.62. The molecule has 2 aliphatic rings. The number of hydrogen-bond acceptors (Lipinski definition) is 6. The Kier molecular flexibility index (Phi) is 7.03. The van der Waals surface area contributed by atoms with Crippen molar-refractivity contribution in [2.75, 3.05) is 26.8 Å². The molecule has 0 aromatic heterocycles. The minimum Gasteiger partial charge on any atom is -0.388 e. The monoisotopic (exact) mass is 365 g/mol. The summed E-state index contributed by atoms with van der Waals surface area (Å²) in [5.74, 6) is 0. The summed E-state index contributed by atoms with van der Waals surface area (Å²) in [5, 5.41) is 11.2. The Bertz CT molecular complexity index is 536. The van der Waals surface area contributed by atoms with Gasteiger partial charge < -0.3 is 24.1 Å². The maximum atomic E-state index is 11.2. The molecule has 0 radical (unpaired) electrons. The molecule has 1 unspecified atom stereocenters. The molecule has 2 fully saturated rings. The van der Waals surface area contributed by atoms with Gasteiger partial charge in [-0.2, -0.15) is 0 Å². The fourth-order valence-electron chi connectivity index (χ4n) is 3.92. The summed E-state index contributed by atoms with van der Waals surface area (Å²) in [6, 6.07) is 9.55. The number of hydrogen-bond donors (Lipinski definition) is 1. The molecule has 6 nitrogen and oxygen atoms in total. The first-order chi connectivity index (χ1) is 12.7. The van der Waals surface area contributed by atoms with E-state index in [-0.39, 0.29) is 12.1 Å². The van der Waals surface area contributed by atoms with Crippen LogP contribution in [0.1, 0.15) is 38.5 Å². The van der Waals surface area contributed by atoms with E-state index in [4.69, 9.17) is 18.9 Å². The van der Waals surface area contributed by atoms with Gasteiger partial charge in [-0.1, -0.05) is 44.2 Å². The van der Waals surface area contributed by atoms with E-state index < -0.39 is 24.8 Å². The third-order valence-corrected chi connectivity index (χ3v) is 5.08. The number of benzene rings is 1. The highest BCUT2D eigenvalue weighted by molar-refractivity contribution is 5.16. The van der Waals surface area contributed by atoms with Crippen LogP contribution in [0.4, 0.5) is 0 Å². The molecule has 1 aromatic rings. The highest BCUT2D eigenvalue weighted by Gasteiger charge is 2.51. The Morgan fingerprint density at radius 2 is 1.81 bits per heavy atom. The van der Waals surface area contributed by atoms with Crippen LogP contribution in [0, 0.1) is 0 Å². The lowest BCUT2D eigenvalue weighted by atomic mass is 9.94. The molecule has 6 heteroatoms. The van der Waals surface area contributed by atoms with E-state index in [0.29, 0.717) is 6.61 Å². The van der Waals surface area contributed by atoms with E-state index in [1.165, 1.54) is 0 Å². The minimum atomic E-state index is -0.702. The van der Waals surface area contributed by atoms with E-state index in [2.05, 4.69) is 18.7 Å². The first kappa shape index (κ1) is 19.7. The Hall–Kier alpha value is -1.02. The Labute approximate surface area is 156 Å². The van der Waals surface area contributed by atoms with E-state index in [1.807, 2.05) is 30.3 Å².